The summed E-state index contributed by atoms with van der Waals surface area (Å²) in [6, 6.07) is 9.35. The van der Waals surface area contributed by atoms with Crippen molar-refractivity contribution in [2.24, 2.45) is 0 Å². The van der Waals surface area contributed by atoms with Crippen molar-refractivity contribution in [1.29, 1.82) is 0 Å². The molecule has 0 unspecified atom stereocenters. The Bertz CT molecular complexity index is 683. The molecule has 0 fully saturated rings. The molecular formula is C15H12FNO4. The quantitative estimate of drug-likeness (QED) is 0.481. The van der Waals surface area contributed by atoms with Crippen molar-refractivity contribution in [2.75, 3.05) is 7.11 Å². The molecule has 0 N–H and O–H groups in total. The number of halogens is 1. The van der Waals surface area contributed by atoms with Crippen molar-refractivity contribution >= 4 is 11.5 Å². The van der Waals surface area contributed by atoms with E-state index in [4.69, 9.17) is 4.74 Å². The van der Waals surface area contributed by atoms with Crippen LogP contribution in [0, 0.1) is 15.9 Å². The number of non-ortho nitro benzene ring substituents is 1. The summed E-state index contributed by atoms with van der Waals surface area (Å²) in [5.41, 5.74) is 0.573. The van der Waals surface area contributed by atoms with E-state index in [2.05, 4.69) is 0 Å². The maximum absolute atomic E-state index is 12.8. The fraction of sp³-hybridized carbons (Fsp3) is 0.133. The summed E-state index contributed by atoms with van der Waals surface area (Å²) in [6.07, 6.45) is 0.0117. The highest BCUT2D eigenvalue weighted by atomic mass is 19.1. The van der Waals surface area contributed by atoms with Gasteiger partial charge in [0.1, 0.15) is 11.6 Å². The lowest BCUT2D eigenvalue weighted by Crippen LogP contribution is -2.06. The van der Waals surface area contributed by atoms with E-state index in [0.29, 0.717) is 5.56 Å². The predicted molar refractivity (Wildman–Crippen MR) is 74.1 cm³/mol. The molecule has 6 heteroatoms. The van der Waals surface area contributed by atoms with Gasteiger partial charge in [0.05, 0.1) is 17.6 Å². The largest absolute Gasteiger partial charge is 0.496 e. The molecule has 5 nitrogen and oxygen atoms in total. The monoisotopic (exact) mass is 289 g/mol. The Morgan fingerprint density at radius 2 is 1.90 bits per heavy atom. The molecule has 0 heterocycles. The van der Waals surface area contributed by atoms with E-state index in [1.165, 1.54) is 49.6 Å². The summed E-state index contributed by atoms with van der Waals surface area (Å²) in [4.78, 5) is 22.5. The van der Waals surface area contributed by atoms with E-state index in [1.807, 2.05) is 0 Å². The molecular weight excluding hydrogens is 277 g/mol. The summed E-state index contributed by atoms with van der Waals surface area (Å²) >= 11 is 0. The summed E-state index contributed by atoms with van der Waals surface area (Å²) in [5, 5.41) is 10.8. The molecule has 0 amide bonds. The molecule has 0 atom stereocenters. The first-order chi connectivity index (χ1) is 10.0. The van der Waals surface area contributed by atoms with Gasteiger partial charge >= 0.3 is 0 Å². The zero-order valence-corrected chi connectivity index (χ0v) is 11.2. The smallest absolute Gasteiger partial charge is 0.270 e. The van der Waals surface area contributed by atoms with Crippen LogP contribution in [0.15, 0.2) is 42.5 Å². The Morgan fingerprint density at radius 1 is 1.24 bits per heavy atom. The van der Waals surface area contributed by atoms with Crippen LogP contribution >= 0.6 is 0 Å². The third-order valence-corrected chi connectivity index (χ3v) is 2.97. The van der Waals surface area contributed by atoms with E-state index in [1.54, 1.807) is 0 Å². The number of nitrogens with zero attached hydrogens (tertiary/aromatic N) is 1. The van der Waals surface area contributed by atoms with Gasteiger partial charge < -0.3 is 4.74 Å². The molecule has 0 spiro atoms. The lowest BCUT2D eigenvalue weighted by atomic mass is 10.0. The lowest BCUT2D eigenvalue weighted by molar-refractivity contribution is -0.384. The van der Waals surface area contributed by atoms with E-state index >= 15 is 0 Å². The van der Waals surface area contributed by atoms with Gasteiger partial charge in [-0.25, -0.2) is 4.39 Å². The lowest BCUT2D eigenvalue weighted by Gasteiger charge is -2.07. The minimum atomic E-state index is -0.575. The van der Waals surface area contributed by atoms with Crippen LogP contribution in [0.1, 0.15) is 15.9 Å². The average molecular weight is 289 g/mol. The van der Waals surface area contributed by atoms with Gasteiger partial charge in [0.15, 0.2) is 5.78 Å². The number of carbonyl (C=O) groups excluding carboxylic acids is 1. The summed E-state index contributed by atoms with van der Waals surface area (Å²) in [6.45, 7) is 0. The Hall–Kier alpha value is -2.76. The third kappa shape index (κ3) is 3.42. The first-order valence-corrected chi connectivity index (χ1v) is 6.11. The van der Waals surface area contributed by atoms with Crippen molar-refractivity contribution in [1.82, 2.24) is 0 Å². The van der Waals surface area contributed by atoms with Gasteiger partial charge in [0, 0.05) is 18.6 Å². The molecule has 2 aromatic carbocycles. The standard InChI is InChI=1S/C15H12FNO4/c1-21-15-7-6-12(17(19)20)9-13(15)14(18)8-10-2-4-11(16)5-3-10/h2-7,9H,8H2,1H3. The van der Waals surface area contributed by atoms with Crippen LogP contribution in [0.3, 0.4) is 0 Å². The van der Waals surface area contributed by atoms with Gasteiger partial charge in [-0.05, 0) is 23.8 Å². The number of ether oxygens (including phenoxy) is 1. The van der Waals surface area contributed by atoms with Crippen molar-refractivity contribution < 1.29 is 18.8 Å². The molecule has 0 aliphatic carbocycles. The molecule has 0 aliphatic rings. The molecule has 0 aliphatic heterocycles. The number of ketones is 1. The fourth-order valence-electron chi connectivity index (χ4n) is 1.91. The van der Waals surface area contributed by atoms with Gasteiger partial charge in [0.25, 0.3) is 5.69 Å². The van der Waals surface area contributed by atoms with Gasteiger partial charge in [-0.2, -0.15) is 0 Å². The molecule has 21 heavy (non-hydrogen) atoms. The Kier molecular flexibility index (Phi) is 4.27. The van der Waals surface area contributed by atoms with Gasteiger partial charge in [0.2, 0.25) is 0 Å². The highest BCUT2D eigenvalue weighted by Crippen LogP contribution is 2.25. The number of hydrogen-bond donors (Lipinski definition) is 0. The van der Waals surface area contributed by atoms with E-state index in [0.717, 1.165) is 0 Å². The van der Waals surface area contributed by atoms with Gasteiger partial charge in [-0.3, -0.25) is 14.9 Å². The molecule has 0 bridgehead atoms. The van der Waals surface area contributed by atoms with E-state index in [9.17, 15) is 19.3 Å². The first kappa shape index (κ1) is 14.6. The molecule has 2 rings (SSSR count). The predicted octanol–water partition coefficient (Wildman–Crippen LogP) is 3.17. The first-order valence-electron chi connectivity index (χ1n) is 6.11. The second-order valence-electron chi connectivity index (χ2n) is 4.37. The van der Waals surface area contributed by atoms with Crippen LogP contribution in [0.5, 0.6) is 5.75 Å². The van der Waals surface area contributed by atoms with Crippen molar-refractivity contribution in [3.63, 3.8) is 0 Å². The maximum atomic E-state index is 12.8. The highest BCUT2D eigenvalue weighted by Gasteiger charge is 2.17. The van der Waals surface area contributed by atoms with Gasteiger partial charge in [-0.15, -0.1) is 0 Å². The number of methoxy groups -OCH3 is 1. The molecule has 0 saturated carbocycles. The zero-order chi connectivity index (χ0) is 15.4. The van der Waals surface area contributed by atoms with Crippen LogP contribution < -0.4 is 4.74 Å². The summed E-state index contributed by atoms with van der Waals surface area (Å²) < 4.78 is 17.9. The van der Waals surface area contributed by atoms with Crippen molar-refractivity contribution in [2.45, 2.75) is 6.42 Å². The number of carbonyl (C=O) groups is 1. The number of nitro benzene ring substituents is 1. The number of Topliss-reactive ketones (excluding diaryl/α,β-unsaturated/α-hetero) is 1. The number of benzene rings is 2. The topological polar surface area (TPSA) is 69.4 Å². The second-order valence-corrected chi connectivity index (χ2v) is 4.37. The minimum Gasteiger partial charge on any atom is -0.496 e. The minimum absolute atomic E-state index is 0.0117. The van der Waals surface area contributed by atoms with Crippen molar-refractivity contribution in [3.05, 3.63) is 69.5 Å². The molecule has 0 radical (unpaired) electrons. The third-order valence-electron chi connectivity index (χ3n) is 2.97. The fourth-order valence-corrected chi connectivity index (χ4v) is 1.91. The molecule has 0 saturated heterocycles. The summed E-state index contributed by atoms with van der Waals surface area (Å²) in [5.74, 6) is -0.450. The Labute approximate surface area is 120 Å². The Morgan fingerprint density at radius 3 is 2.48 bits per heavy atom. The normalized spacial score (nSPS) is 10.2. The number of rotatable bonds is 5. The van der Waals surface area contributed by atoms with Crippen LogP contribution in [0.2, 0.25) is 0 Å². The zero-order valence-electron chi connectivity index (χ0n) is 11.2. The second kappa shape index (κ2) is 6.13. The van der Waals surface area contributed by atoms with Gasteiger partial charge in [-0.1, -0.05) is 12.1 Å². The number of hydrogen-bond acceptors (Lipinski definition) is 4. The van der Waals surface area contributed by atoms with E-state index in [-0.39, 0.29) is 35.0 Å². The van der Waals surface area contributed by atoms with Crippen LogP contribution in [0.25, 0.3) is 0 Å². The summed E-state index contributed by atoms with van der Waals surface area (Å²) in [7, 11) is 1.38. The SMILES string of the molecule is COc1ccc([N+](=O)[O-])cc1C(=O)Cc1ccc(F)cc1. The van der Waals surface area contributed by atoms with Crippen molar-refractivity contribution in [3.8, 4) is 5.75 Å². The van der Waals surface area contributed by atoms with Crippen LogP contribution in [-0.2, 0) is 6.42 Å². The molecule has 0 aromatic heterocycles. The highest BCUT2D eigenvalue weighted by molar-refractivity contribution is 6.00. The Balaban J connectivity index is 2.30. The van der Waals surface area contributed by atoms with Crippen LogP contribution in [-0.4, -0.2) is 17.8 Å². The molecule has 108 valence electrons. The number of nitro groups is 1. The maximum Gasteiger partial charge on any atom is 0.270 e. The van der Waals surface area contributed by atoms with E-state index < -0.39 is 4.92 Å². The molecule has 2 aromatic rings. The average Bonchev–Trinajstić information content (AvgIpc) is 2.48. The van der Waals surface area contributed by atoms with Crippen LogP contribution in [0.4, 0.5) is 10.1 Å².